The van der Waals surface area contributed by atoms with Gasteiger partial charge in [-0.25, -0.2) is 0 Å². The first-order valence-electron chi connectivity index (χ1n) is 4.57. The number of aliphatic hydroxyl groups excluding tert-OH is 1. The molecular formula is C11H16O. The zero-order valence-electron chi connectivity index (χ0n) is 7.80. The van der Waals surface area contributed by atoms with Crippen molar-refractivity contribution in [1.29, 1.82) is 0 Å². The molecule has 66 valence electrons. The largest absolute Gasteiger partial charge is 0.395 e. The Balaban J connectivity index is 2.40. The highest BCUT2D eigenvalue weighted by Gasteiger charge is 2.42. The molecule has 12 heavy (non-hydrogen) atoms. The molecule has 2 atom stereocenters. The van der Waals surface area contributed by atoms with Gasteiger partial charge in [-0.2, -0.15) is 0 Å². The minimum atomic E-state index is -0.0168. The van der Waals surface area contributed by atoms with Crippen LogP contribution in [0.5, 0.6) is 0 Å². The van der Waals surface area contributed by atoms with E-state index in [-0.39, 0.29) is 12.0 Å². The minimum Gasteiger partial charge on any atom is -0.395 e. The van der Waals surface area contributed by atoms with Gasteiger partial charge < -0.3 is 5.11 Å². The van der Waals surface area contributed by atoms with E-state index in [1.165, 1.54) is 5.57 Å². The number of rotatable bonds is 1. The Morgan fingerprint density at radius 3 is 2.92 bits per heavy atom. The van der Waals surface area contributed by atoms with Crippen LogP contribution in [-0.2, 0) is 0 Å². The van der Waals surface area contributed by atoms with Crippen molar-refractivity contribution >= 4 is 0 Å². The lowest BCUT2D eigenvalue weighted by molar-refractivity contribution is 0.167. The van der Waals surface area contributed by atoms with E-state index in [0.29, 0.717) is 5.41 Å². The van der Waals surface area contributed by atoms with Crippen LogP contribution in [0, 0.1) is 10.8 Å². The van der Waals surface area contributed by atoms with Crippen molar-refractivity contribution in [3.63, 3.8) is 0 Å². The van der Waals surface area contributed by atoms with Gasteiger partial charge in [0.15, 0.2) is 0 Å². The third kappa shape index (κ3) is 1.04. The van der Waals surface area contributed by atoms with Crippen molar-refractivity contribution in [2.45, 2.75) is 26.7 Å². The van der Waals surface area contributed by atoms with E-state index in [0.717, 1.165) is 12.8 Å². The molecular weight excluding hydrogens is 148 g/mol. The molecule has 0 saturated carbocycles. The number of aliphatic hydroxyl groups is 1. The number of fused-ring (bicyclic) bond motifs is 2. The molecule has 0 spiro atoms. The van der Waals surface area contributed by atoms with Gasteiger partial charge in [-0.15, -0.1) is 0 Å². The second-order valence-electron chi connectivity index (χ2n) is 4.72. The maximum absolute atomic E-state index is 9.30. The minimum absolute atomic E-state index is 0.0168. The lowest BCUT2D eigenvalue weighted by Crippen LogP contribution is -2.27. The summed E-state index contributed by atoms with van der Waals surface area (Å²) in [5, 5.41) is 9.30. The number of allylic oxidation sites excluding steroid dienone is 2. The Labute approximate surface area is 73.8 Å². The van der Waals surface area contributed by atoms with Crippen molar-refractivity contribution in [2.75, 3.05) is 6.61 Å². The van der Waals surface area contributed by atoms with Gasteiger partial charge in [-0.3, -0.25) is 0 Å². The third-order valence-electron chi connectivity index (χ3n) is 3.06. The lowest BCUT2D eigenvalue weighted by Gasteiger charge is -2.34. The summed E-state index contributed by atoms with van der Waals surface area (Å²) in [7, 11) is 0. The van der Waals surface area contributed by atoms with E-state index in [4.69, 9.17) is 0 Å². The van der Waals surface area contributed by atoms with Gasteiger partial charge >= 0.3 is 0 Å². The van der Waals surface area contributed by atoms with Crippen molar-refractivity contribution in [1.82, 2.24) is 0 Å². The van der Waals surface area contributed by atoms with Crippen LogP contribution in [0.25, 0.3) is 0 Å². The molecule has 0 aromatic rings. The highest BCUT2D eigenvalue weighted by molar-refractivity contribution is 5.31. The summed E-state index contributed by atoms with van der Waals surface area (Å²) in [5.74, 6) is 0. The van der Waals surface area contributed by atoms with Crippen LogP contribution in [0.1, 0.15) is 26.7 Å². The lowest BCUT2D eigenvalue weighted by atomic mass is 9.71. The highest BCUT2D eigenvalue weighted by Crippen LogP contribution is 2.51. The summed E-state index contributed by atoms with van der Waals surface area (Å²) < 4.78 is 0. The molecule has 0 aromatic heterocycles. The molecule has 0 aliphatic heterocycles. The average molecular weight is 164 g/mol. The van der Waals surface area contributed by atoms with E-state index in [1.807, 2.05) is 0 Å². The number of hydrogen-bond donors (Lipinski definition) is 1. The summed E-state index contributed by atoms with van der Waals surface area (Å²) in [6.07, 6.45) is 8.94. The molecule has 2 aliphatic rings. The van der Waals surface area contributed by atoms with Crippen LogP contribution in [0.3, 0.4) is 0 Å². The fraction of sp³-hybridized carbons (Fsp3) is 0.636. The van der Waals surface area contributed by atoms with Crippen LogP contribution >= 0.6 is 0 Å². The van der Waals surface area contributed by atoms with E-state index in [2.05, 4.69) is 32.1 Å². The van der Waals surface area contributed by atoms with Crippen LogP contribution in [0.15, 0.2) is 23.8 Å². The predicted octanol–water partition coefficient (Wildman–Crippen LogP) is 2.28. The van der Waals surface area contributed by atoms with Gasteiger partial charge in [0.1, 0.15) is 0 Å². The molecule has 0 radical (unpaired) electrons. The molecule has 0 amide bonds. The summed E-state index contributed by atoms with van der Waals surface area (Å²) in [4.78, 5) is 0. The second-order valence-corrected chi connectivity index (χ2v) is 4.72. The maximum Gasteiger partial charge on any atom is 0.0557 e. The Morgan fingerprint density at radius 2 is 2.25 bits per heavy atom. The Hall–Kier alpha value is -0.560. The normalized spacial score (nSPS) is 44.8. The monoisotopic (exact) mass is 164 g/mol. The summed E-state index contributed by atoms with van der Waals surface area (Å²) >= 11 is 0. The van der Waals surface area contributed by atoms with Gasteiger partial charge in [0.05, 0.1) is 6.61 Å². The fourth-order valence-electron chi connectivity index (χ4n) is 2.79. The summed E-state index contributed by atoms with van der Waals surface area (Å²) in [6, 6.07) is 0. The average Bonchev–Trinajstić information content (AvgIpc) is 2.23. The Bertz CT molecular complexity index is 264. The SMILES string of the molecule is CC1=CC2(CO)C=CC(C)(C1)C2. The van der Waals surface area contributed by atoms with Crippen molar-refractivity contribution in [3.05, 3.63) is 23.8 Å². The molecule has 0 aromatic carbocycles. The first kappa shape index (κ1) is 8.06. The summed E-state index contributed by atoms with van der Waals surface area (Å²) in [6.45, 7) is 4.70. The molecule has 2 unspecified atom stereocenters. The number of hydrogen-bond acceptors (Lipinski definition) is 1. The molecule has 1 heteroatoms. The smallest absolute Gasteiger partial charge is 0.0557 e. The van der Waals surface area contributed by atoms with E-state index in [9.17, 15) is 5.11 Å². The zero-order valence-corrected chi connectivity index (χ0v) is 7.80. The second kappa shape index (κ2) is 2.23. The first-order valence-corrected chi connectivity index (χ1v) is 4.57. The Morgan fingerprint density at radius 1 is 1.50 bits per heavy atom. The molecule has 0 fully saturated rings. The molecule has 2 bridgehead atoms. The van der Waals surface area contributed by atoms with E-state index < -0.39 is 0 Å². The van der Waals surface area contributed by atoms with Gasteiger partial charge in [0.2, 0.25) is 0 Å². The van der Waals surface area contributed by atoms with Crippen molar-refractivity contribution < 1.29 is 5.11 Å². The topological polar surface area (TPSA) is 20.2 Å². The standard InChI is InChI=1S/C11H16O/c1-9-5-10(2)3-4-11(6-9,7-10)8-12/h3-4,6,12H,5,7-8H2,1-2H3. The zero-order chi connectivity index (χ0) is 8.82. The molecule has 1 nitrogen and oxygen atoms in total. The quantitative estimate of drug-likeness (QED) is 0.589. The van der Waals surface area contributed by atoms with Gasteiger partial charge in [0.25, 0.3) is 0 Å². The molecule has 0 heterocycles. The Kier molecular flexibility index (Phi) is 1.50. The molecule has 0 saturated heterocycles. The van der Waals surface area contributed by atoms with Gasteiger partial charge in [0, 0.05) is 5.41 Å². The molecule has 1 N–H and O–H groups in total. The van der Waals surface area contributed by atoms with Crippen molar-refractivity contribution in [2.24, 2.45) is 10.8 Å². The van der Waals surface area contributed by atoms with Crippen LogP contribution < -0.4 is 0 Å². The maximum atomic E-state index is 9.30. The van der Waals surface area contributed by atoms with E-state index in [1.54, 1.807) is 0 Å². The molecule has 2 rings (SSSR count). The summed E-state index contributed by atoms with van der Waals surface area (Å²) in [5.41, 5.74) is 1.72. The van der Waals surface area contributed by atoms with Crippen LogP contribution in [0.2, 0.25) is 0 Å². The third-order valence-corrected chi connectivity index (χ3v) is 3.06. The fourth-order valence-corrected chi connectivity index (χ4v) is 2.79. The highest BCUT2D eigenvalue weighted by atomic mass is 16.3. The van der Waals surface area contributed by atoms with E-state index >= 15 is 0 Å². The van der Waals surface area contributed by atoms with Gasteiger partial charge in [-0.05, 0) is 25.2 Å². The van der Waals surface area contributed by atoms with Gasteiger partial charge in [-0.1, -0.05) is 30.7 Å². The van der Waals surface area contributed by atoms with Crippen LogP contribution in [-0.4, -0.2) is 11.7 Å². The predicted molar refractivity (Wildman–Crippen MR) is 49.8 cm³/mol. The van der Waals surface area contributed by atoms with Crippen LogP contribution in [0.4, 0.5) is 0 Å². The first-order chi connectivity index (χ1) is 5.58. The molecule has 2 aliphatic carbocycles. The van der Waals surface area contributed by atoms with Crippen molar-refractivity contribution in [3.8, 4) is 0 Å².